The highest BCUT2D eigenvalue weighted by Crippen LogP contribution is 2.19. The van der Waals surface area contributed by atoms with Gasteiger partial charge in [0.2, 0.25) is 5.91 Å². The number of halogens is 1. The molecule has 0 radical (unpaired) electrons. The fourth-order valence-corrected chi connectivity index (χ4v) is 4.23. The first-order chi connectivity index (χ1) is 17.4. The van der Waals surface area contributed by atoms with E-state index in [2.05, 4.69) is 15.1 Å². The van der Waals surface area contributed by atoms with Crippen LogP contribution in [0.25, 0.3) is 11.3 Å². The lowest BCUT2D eigenvalue weighted by Crippen LogP contribution is -2.52. The maximum absolute atomic E-state index is 13.7. The molecule has 3 aromatic rings. The lowest BCUT2D eigenvalue weighted by molar-refractivity contribution is -0.132. The van der Waals surface area contributed by atoms with Crippen molar-refractivity contribution in [3.8, 4) is 11.3 Å². The molecule has 0 spiro atoms. The minimum Gasteiger partial charge on any atom is -0.352 e. The first-order valence-electron chi connectivity index (χ1n) is 12.4. The zero-order valence-electron chi connectivity index (χ0n) is 20.8. The van der Waals surface area contributed by atoms with Crippen LogP contribution in [0.1, 0.15) is 30.6 Å². The monoisotopic (exact) mass is 489 g/mol. The third-order valence-electron chi connectivity index (χ3n) is 6.59. The van der Waals surface area contributed by atoms with Crippen LogP contribution < -0.4 is 4.90 Å². The lowest BCUT2D eigenvalue weighted by Gasteiger charge is -2.36. The number of amides is 2. The second-order valence-corrected chi connectivity index (χ2v) is 9.22. The molecular weight excluding hydrogens is 457 g/mol. The third-order valence-corrected chi connectivity index (χ3v) is 6.59. The highest BCUT2D eigenvalue weighted by atomic mass is 19.1. The van der Waals surface area contributed by atoms with E-state index >= 15 is 0 Å². The summed E-state index contributed by atoms with van der Waals surface area (Å²) in [6.45, 7) is 6.85. The number of rotatable bonds is 8. The van der Waals surface area contributed by atoms with E-state index in [1.165, 1.54) is 18.2 Å². The van der Waals surface area contributed by atoms with Gasteiger partial charge in [-0.25, -0.2) is 4.39 Å². The Hall–Kier alpha value is -3.81. The van der Waals surface area contributed by atoms with Gasteiger partial charge in [0, 0.05) is 43.9 Å². The van der Waals surface area contributed by atoms with Crippen molar-refractivity contribution in [3.05, 3.63) is 78.1 Å². The Morgan fingerprint density at radius 2 is 1.72 bits per heavy atom. The van der Waals surface area contributed by atoms with Crippen molar-refractivity contribution in [3.63, 3.8) is 0 Å². The summed E-state index contributed by atoms with van der Waals surface area (Å²) in [5.74, 6) is 0.113. The second kappa shape index (κ2) is 11.7. The van der Waals surface area contributed by atoms with E-state index in [-0.39, 0.29) is 29.8 Å². The number of hydrogen-bond donors (Lipinski definition) is 0. The number of aromatic nitrogens is 2. The standard InChI is InChI=1S/C28H32FN5O2/c1-3-21(2)19-34(28(36)23-10-7-11-24(29)18-23)20-27(35)33-16-14-32(15-17-33)26-13-12-25(30-31-26)22-8-5-4-6-9-22/h4-13,18,21H,3,14-17,19-20H2,1-2H3/t21-/m1/s1. The van der Waals surface area contributed by atoms with Crippen molar-refractivity contribution in [2.75, 3.05) is 44.2 Å². The molecule has 1 aliphatic rings. The first-order valence-corrected chi connectivity index (χ1v) is 12.4. The molecule has 0 N–H and O–H groups in total. The third kappa shape index (κ3) is 6.24. The van der Waals surface area contributed by atoms with E-state index < -0.39 is 5.82 Å². The van der Waals surface area contributed by atoms with Gasteiger partial charge in [-0.2, -0.15) is 0 Å². The van der Waals surface area contributed by atoms with Crippen LogP contribution in [-0.4, -0.2) is 71.1 Å². The Bertz CT molecular complexity index is 1160. The largest absolute Gasteiger partial charge is 0.352 e. The molecule has 0 aliphatic carbocycles. The molecule has 1 aromatic heterocycles. The predicted molar refractivity (Wildman–Crippen MR) is 138 cm³/mol. The van der Waals surface area contributed by atoms with E-state index in [4.69, 9.17) is 0 Å². The number of anilines is 1. The molecule has 4 rings (SSSR count). The maximum Gasteiger partial charge on any atom is 0.254 e. The van der Waals surface area contributed by atoms with Gasteiger partial charge in [-0.1, -0.05) is 56.7 Å². The van der Waals surface area contributed by atoms with Crippen molar-refractivity contribution in [1.82, 2.24) is 20.0 Å². The highest BCUT2D eigenvalue weighted by Gasteiger charge is 2.26. The second-order valence-electron chi connectivity index (χ2n) is 9.22. The summed E-state index contributed by atoms with van der Waals surface area (Å²) >= 11 is 0. The van der Waals surface area contributed by atoms with Gasteiger partial charge in [0.15, 0.2) is 5.82 Å². The number of benzene rings is 2. The molecule has 2 heterocycles. The summed E-state index contributed by atoms with van der Waals surface area (Å²) in [6, 6.07) is 19.4. The van der Waals surface area contributed by atoms with E-state index in [1.807, 2.05) is 56.3 Å². The number of hydrogen-bond acceptors (Lipinski definition) is 5. The number of carbonyl (C=O) groups is 2. The normalized spacial score (nSPS) is 14.4. The molecular formula is C28H32FN5O2. The van der Waals surface area contributed by atoms with Crippen LogP contribution in [-0.2, 0) is 4.79 Å². The van der Waals surface area contributed by atoms with E-state index in [9.17, 15) is 14.0 Å². The minimum atomic E-state index is -0.466. The van der Waals surface area contributed by atoms with E-state index in [1.54, 1.807) is 15.9 Å². The summed E-state index contributed by atoms with van der Waals surface area (Å²) < 4.78 is 13.7. The van der Waals surface area contributed by atoms with Crippen LogP contribution in [0.4, 0.5) is 10.2 Å². The van der Waals surface area contributed by atoms with Gasteiger partial charge in [-0.3, -0.25) is 9.59 Å². The van der Waals surface area contributed by atoms with Crippen molar-refractivity contribution in [2.24, 2.45) is 5.92 Å². The molecule has 0 bridgehead atoms. The number of piperazine rings is 1. The van der Waals surface area contributed by atoms with Crippen molar-refractivity contribution in [2.45, 2.75) is 20.3 Å². The molecule has 36 heavy (non-hydrogen) atoms. The van der Waals surface area contributed by atoms with Crippen molar-refractivity contribution in [1.29, 1.82) is 0 Å². The summed E-state index contributed by atoms with van der Waals surface area (Å²) in [5, 5.41) is 8.76. The Balaban J connectivity index is 1.36. The van der Waals surface area contributed by atoms with Gasteiger partial charge >= 0.3 is 0 Å². The molecule has 2 aromatic carbocycles. The quantitative estimate of drug-likeness (QED) is 0.476. The lowest BCUT2D eigenvalue weighted by atomic mass is 10.1. The van der Waals surface area contributed by atoms with Crippen molar-refractivity contribution < 1.29 is 14.0 Å². The molecule has 0 unspecified atom stereocenters. The average Bonchev–Trinajstić information content (AvgIpc) is 2.92. The predicted octanol–water partition coefficient (Wildman–Crippen LogP) is 4.12. The molecule has 8 heteroatoms. The zero-order chi connectivity index (χ0) is 25.5. The van der Waals surface area contributed by atoms with Gasteiger partial charge < -0.3 is 14.7 Å². The van der Waals surface area contributed by atoms with Crippen molar-refractivity contribution >= 4 is 17.6 Å². The van der Waals surface area contributed by atoms with Gasteiger partial charge in [0.1, 0.15) is 12.4 Å². The molecule has 0 saturated carbocycles. The fourth-order valence-electron chi connectivity index (χ4n) is 4.23. The topological polar surface area (TPSA) is 69.6 Å². The van der Waals surface area contributed by atoms with Crippen LogP contribution in [0.5, 0.6) is 0 Å². The summed E-state index contributed by atoms with van der Waals surface area (Å²) in [4.78, 5) is 31.7. The van der Waals surface area contributed by atoms with Gasteiger partial charge in [-0.15, -0.1) is 10.2 Å². The van der Waals surface area contributed by atoms with Crippen LogP contribution >= 0.6 is 0 Å². The SMILES string of the molecule is CC[C@@H](C)CN(CC(=O)N1CCN(c2ccc(-c3ccccc3)nn2)CC1)C(=O)c1cccc(F)c1. The van der Waals surface area contributed by atoms with Crippen LogP contribution in [0.2, 0.25) is 0 Å². The Morgan fingerprint density at radius 3 is 2.36 bits per heavy atom. The molecule has 1 aliphatic heterocycles. The minimum absolute atomic E-state index is 0.0226. The average molecular weight is 490 g/mol. The maximum atomic E-state index is 13.7. The molecule has 7 nitrogen and oxygen atoms in total. The Morgan fingerprint density at radius 1 is 0.972 bits per heavy atom. The van der Waals surface area contributed by atoms with Gasteiger partial charge in [0.05, 0.1) is 5.69 Å². The Kier molecular flexibility index (Phi) is 8.25. The summed E-state index contributed by atoms with van der Waals surface area (Å²) in [7, 11) is 0. The summed E-state index contributed by atoms with van der Waals surface area (Å²) in [6.07, 6.45) is 0.879. The number of carbonyl (C=O) groups excluding carboxylic acids is 2. The zero-order valence-corrected chi connectivity index (χ0v) is 20.8. The van der Waals surface area contributed by atoms with Crippen LogP contribution in [0.3, 0.4) is 0 Å². The van der Waals surface area contributed by atoms with E-state index in [0.717, 1.165) is 23.5 Å². The van der Waals surface area contributed by atoms with Crippen LogP contribution in [0, 0.1) is 11.7 Å². The fraction of sp³-hybridized carbons (Fsp3) is 0.357. The van der Waals surface area contributed by atoms with Crippen LogP contribution in [0.15, 0.2) is 66.7 Å². The highest BCUT2D eigenvalue weighted by molar-refractivity contribution is 5.96. The molecule has 1 saturated heterocycles. The molecule has 1 fully saturated rings. The van der Waals surface area contributed by atoms with Gasteiger partial charge in [-0.05, 0) is 36.2 Å². The first kappa shape index (κ1) is 25.3. The molecule has 188 valence electrons. The smallest absolute Gasteiger partial charge is 0.254 e. The Labute approximate surface area is 211 Å². The molecule has 2 amide bonds. The van der Waals surface area contributed by atoms with E-state index in [0.29, 0.717) is 32.7 Å². The number of nitrogens with zero attached hydrogens (tertiary/aromatic N) is 5. The summed E-state index contributed by atoms with van der Waals surface area (Å²) in [5.41, 5.74) is 2.09. The molecule has 1 atom stereocenters. The van der Waals surface area contributed by atoms with Gasteiger partial charge in [0.25, 0.3) is 5.91 Å².